The summed E-state index contributed by atoms with van der Waals surface area (Å²) < 4.78 is 2.10. The largest absolute Gasteiger partial charge is 0.355 e. The van der Waals surface area contributed by atoms with E-state index < -0.39 is 0 Å². The molecular formula is C26H26ClN5. The first kappa shape index (κ1) is 19.8. The molecule has 162 valence electrons. The predicted molar refractivity (Wildman–Crippen MR) is 129 cm³/mol. The lowest BCUT2D eigenvalue weighted by molar-refractivity contribution is 0.187. The molecular weight excluding hydrogens is 418 g/mol. The van der Waals surface area contributed by atoms with Gasteiger partial charge in [-0.25, -0.2) is 9.97 Å². The van der Waals surface area contributed by atoms with Crippen LogP contribution in [0.25, 0.3) is 16.9 Å². The van der Waals surface area contributed by atoms with Crippen molar-refractivity contribution in [3.8, 4) is 11.4 Å². The molecule has 0 bridgehead atoms. The van der Waals surface area contributed by atoms with Gasteiger partial charge in [0.25, 0.3) is 0 Å². The van der Waals surface area contributed by atoms with Crippen molar-refractivity contribution < 1.29 is 0 Å². The van der Waals surface area contributed by atoms with Gasteiger partial charge in [-0.3, -0.25) is 4.40 Å². The van der Waals surface area contributed by atoms with Crippen LogP contribution in [-0.2, 0) is 6.42 Å². The van der Waals surface area contributed by atoms with Crippen LogP contribution in [0.5, 0.6) is 0 Å². The quantitative estimate of drug-likeness (QED) is 0.462. The highest BCUT2D eigenvalue weighted by atomic mass is 35.5. The Hall–Kier alpha value is -2.89. The number of rotatable bonds is 2. The predicted octanol–water partition coefficient (Wildman–Crippen LogP) is 5.20. The number of nitrogens with zero attached hydrogens (tertiary/aromatic N) is 4. The lowest BCUT2D eigenvalue weighted by Crippen LogP contribution is -2.44. The zero-order valence-corrected chi connectivity index (χ0v) is 18.9. The summed E-state index contributed by atoms with van der Waals surface area (Å²) in [6.45, 7) is 3.91. The smallest absolute Gasteiger partial charge is 0.154 e. The molecule has 6 heteroatoms. The molecule has 32 heavy (non-hydrogen) atoms. The number of anilines is 1. The van der Waals surface area contributed by atoms with Gasteiger partial charge in [0.15, 0.2) is 5.82 Å². The topological polar surface area (TPSA) is 59.5 Å². The van der Waals surface area contributed by atoms with E-state index in [1.165, 1.54) is 11.1 Å². The lowest BCUT2D eigenvalue weighted by atomic mass is 9.73. The number of benzene rings is 2. The van der Waals surface area contributed by atoms with Crippen molar-refractivity contribution in [1.29, 1.82) is 0 Å². The third-order valence-electron chi connectivity index (χ3n) is 7.52. The maximum absolute atomic E-state index is 6.76. The molecule has 2 N–H and O–H groups in total. The number of halogens is 1. The van der Waals surface area contributed by atoms with E-state index in [0.29, 0.717) is 0 Å². The van der Waals surface area contributed by atoms with E-state index >= 15 is 0 Å². The molecule has 6 rings (SSSR count). The van der Waals surface area contributed by atoms with Gasteiger partial charge in [0.2, 0.25) is 0 Å². The Morgan fingerprint density at radius 2 is 1.88 bits per heavy atom. The average Bonchev–Trinajstić information content (AvgIpc) is 3.36. The molecule has 1 atom stereocenters. The van der Waals surface area contributed by atoms with Gasteiger partial charge in [-0.1, -0.05) is 48.0 Å². The number of aromatic nitrogens is 3. The van der Waals surface area contributed by atoms with Crippen LogP contribution in [0.1, 0.15) is 35.6 Å². The molecule has 1 fully saturated rings. The summed E-state index contributed by atoms with van der Waals surface area (Å²) in [6.07, 6.45) is 8.95. The molecule has 0 radical (unpaired) electrons. The highest BCUT2D eigenvalue weighted by Gasteiger charge is 2.46. The monoisotopic (exact) mass is 443 g/mol. The Labute approximate surface area is 192 Å². The van der Waals surface area contributed by atoms with Crippen LogP contribution in [0.3, 0.4) is 0 Å². The van der Waals surface area contributed by atoms with Crippen LogP contribution >= 0.6 is 11.6 Å². The van der Waals surface area contributed by atoms with E-state index in [1.54, 1.807) is 0 Å². The molecule has 1 saturated heterocycles. The van der Waals surface area contributed by atoms with Crippen LogP contribution in [0.4, 0.5) is 5.82 Å². The highest BCUT2D eigenvalue weighted by molar-refractivity contribution is 6.34. The number of aryl methyl sites for hydroxylation is 1. The van der Waals surface area contributed by atoms with E-state index in [1.807, 2.05) is 43.7 Å². The van der Waals surface area contributed by atoms with Crippen molar-refractivity contribution in [2.75, 3.05) is 18.0 Å². The van der Waals surface area contributed by atoms with E-state index in [2.05, 4.69) is 33.6 Å². The van der Waals surface area contributed by atoms with Gasteiger partial charge in [-0.2, -0.15) is 0 Å². The number of hydrogen-bond donors (Lipinski definition) is 1. The summed E-state index contributed by atoms with van der Waals surface area (Å²) in [6, 6.07) is 14.9. The molecule has 5 nitrogen and oxygen atoms in total. The molecule has 4 aromatic rings. The fourth-order valence-electron chi connectivity index (χ4n) is 5.65. The standard InChI is InChI=1S/C26H26ClN5/c1-17-5-4-8-20(22(17)27)24-30-16-21-25(29-11-14-32(21)24)31-12-9-26(10-13-31)15-18-6-2-3-7-19(18)23(26)28/h2-8,11,14,16,23H,9-10,12-13,15,28H2,1H3/t23-/m1/s1. The summed E-state index contributed by atoms with van der Waals surface area (Å²) in [5.41, 5.74) is 12.7. The van der Waals surface area contributed by atoms with E-state index in [9.17, 15) is 0 Å². The number of hydrogen-bond acceptors (Lipinski definition) is 4. The summed E-state index contributed by atoms with van der Waals surface area (Å²) >= 11 is 6.60. The minimum Gasteiger partial charge on any atom is -0.355 e. The summed E-state index contributed by atoms with van der Waals surface area (Å²) in [5.74, 6) is 1.83. The zero-order valence-electron chi connectivity index (χ0n) is 18.1. The van der Waals surface area contributed by atoms with Gasteiger partial charge in [0.05, 0.1) is 11.2 Å². The van der Waals surface area contributed by atoms with Crippen LogP contribution < -0.4 is 10.6 Å². The maximum atomic E-state index is 6.76. The fraction of sp³-hybridized carbons (Fsp3) is 0.308. The lowest BCUT2D eigenvalue weighted by Gasteiger charge is -2.42. The first-order valence-electron chi connectivity index (χ1n) is 11.2. The van der Waals surface area contributed by atoms with E-state index in [0.717, 1.165) is 65.7 Å². The average molecular weight is 444 g/mol. The van der Waals surface area contributed by atoms with Crippen molar-refractivity contribution in [3.05, 3.63) is 82.8 Å². The molecule has 0 amide bonds. The van der Waals surface area contributed by atoms with Crippen LogP contribution in [-0.4, -0.2) is 27.5 Å². The summed E-state index contributed by atoms with van der Waals surface area (Å²) in [5, 5.41) is 0.744. The van der Waals surface area contributed by atoms with Gasteiger partial charge in [-0.05, 0) is 54.4 Å². The molecule has 3 heterocycles. The van der Waals surface area contributed by atoms with Crippen molar-refractivity contribution >= 4 is 22.9 Å². The van der Waals surface area contributed by atoms with Gasteiger partial charge >= 0.3 is 0 Å². The van der Waals surface area contributed by atoms with Crippen LogP contribution in [0, 0.1) is 12.3 Å². The van der Waals surface area contributed by atoms with Crippen LogP contribution in [0.2, 0.25) is 5.02 Å². The summed E-state index contributed by atoms with van der Waals surface area (Å²) in [4.78, 5) is 11.9. The van der Waals surface area contributed by atoms with Gasteiger partial charge in [0.1, 0.15) is 11.3 Å². The Bertz CT molecular complexity index is 1320. The molecule has 1 aliphatic heterocycles. The van der Waals surface area contributed by atoms with E-state index in [4.69, 9.17) is 27.3 Å². The second kappa shape index (κ2) is 7.32. The van der Waals surface area contributed by atoms with Crippen molar-refractivity contribution in [3.63, 3.8) is 0 Å². The molecule has 0 saturated carbocycles. The first-order chi connectivity index (χ1) is 15.6. The fourth-order valence-corrected chi connectivity index (χ4v) is 5.86. The second-order valence-corrected chi connectivity index (χ2v) is 9.60. The van der Waals surface area contributed by atoms with Crippen molar-refractivity contribution in [1.82, 2.24) is 14.4 Å². The van der Waals surface area contributed by atoms with Crippen LogP contribution in [0.15, 0.2) is 61.1 Å². The molecule has 1 spiro atoms. The maximum Gasteiger partial charge on any atom is 0.154 e. The highest BCUT2D eigenvalue weighted by Crippen LogP contribution is 2.51. The second-order valence-electron chi connectivity index (χ2n) is 9.23. The summed E-state index contributed by atoms with van der Waals surface area (Å²) in [7, 11) is 0. The first-order valence-corrected chi connectivity index (χ1v) is 11.6. The molecule has 1 aliphatic carbocycles. The molecule has 0 unspecified atom stereocenters. The Morgan fingerprint density at radius 1 is 1.06 bits per heavy atom. The van der Waals surface area contributed by atoms with E-state index in [-0.39, 0.29) is 11.5 Å². The van der Waals surface area contributed by atoms with Gasteiger partial charge in [-0.15, -0.1) is 0 Å². The Balaban J connectivity index is 1.31. The zero-order chi connectivity index (χ0) is 21.9. The van der Waals surface area contributed by atoms with Gasteiger partial charge in [0, 0.05) is 37.1 Å². The normalized spacial score (nSPS) is 19.6. The van der Waals surface area contributed by atoms with Crippen molar-refractivity contribution in [2.45, 2.75) is 32.2 Å². The minimum absolute atomic E-state index is 0.120. The van der Waals surface area contributed by atoms with Gasteiger partial charge < -0.3 is 10.6 Å². The molecule has 2 aromatic carbocycles. The number of imidazole rings is 1. The third kappa shape index (κ3) is 2.88. The SMILES string of the molecule is Cc1cccc(-c2ncc3c(N4CCC5(CC4)Cc4ccccc4[C@H]5N)nccn23)c1Cl. The number of fused-ring (bicyclic) bond motifs is 2. The third-order valence-corrected chi connectivity index (χ3v) is 8.02. The molecule has 2 aromatic heterocycles. The van der Waals surface area contributed by atoms with Crippen molar-refractivity contribution in [2.24, 2.45) is 11.1 Å². The molecule has 2 aliphatic rings. The number of piperidine rings is 1. The Kier molecular flexibility index (Phi) is 4.52. The Morgan fingerprint density at radius 3 is 2.69 bits per heavy atom. The minimum atomic E-state index is 0.120. The number of nitrogens with two attached hydrogens (primary N) is 1.